The van der Waals surface area contributed by atoms with Crippen molar-refractivity contribution in [2.45, 2.75) is 49.4 Å². The van der Waals surface area contributed by atoms with Crippen LogP contribution in [0, 0.1) is 5.92 Å². The normalized spacial score (nSPS) is 16.0. The number of carbonyl (C=O) groups excluding carboxylic acids is 1. The molecule has 61 heavy (non-hydrogen) atoms. The van der Waals surface area contributed by atoms with E-state index in [1.54, 1.807) is 64.8 Å². The molecule has 0 saturated carbocycles. The Morgan fingerprint density at radius 2 is 1.15 bits per heavy atom. The first-order valence-electron chi connectivity index (χ1n) is 17.6. The number of allylic oxidation sites excluding steroid dienone is 6. The van der Waals surface area contributed by atoms with Crippen molar-refractivity contribution in [2.75, 3.05) is 39.5 Å². The molecule has 4 aromatic carbocycles. The van der Waals surface area contributed by atoms with Crippen LogP contribution in [0.4, 0.5) is 11.4 Å². The molecule has 0 spiro atoms. The number of nitrogen functional groups attached to an aromatic ring is 1. The molecule has 332 valence electrons. The van der Waals surface area contributed by atoms with Crippen molar-refractivity contribution >= 4 is 81.3 Å². The van der Waals surface area contributed by atoms with Gasteiger partial charge in [-0.1, -0.05) is 51.3 Å². The maximum atomic E-state index is 11.7. The number of nitrogens with two attached hydrogens (primary N) is 3. The third kappa shape index (κ3) is 17.8. The Morgan fingerprint density at radius 3 is 1.56 bits per heavy atom. The van der Waals surface area contributed by atoms with Crippen LogP contribution in [0.1, 0.15) is 61.1 Å². The van der Waals surface area contributed by atoms with Gasteiger partial charge >= 0.3 is 43.6 Å². The van der Waals surface area contributed by atoms with Crippen LogP contribution in [0.5, 0.6) is 23.0 Å². The summed E-state index contributed by atoms with van der Waals surface area (Å²) in [6.45, 7) is 0. The molecule has 0 saturated heterocycles. The molecular weight excluding hydrogens is 990 g/mol. The van der Waals surface area contributed by atoms with Crippen LogP contribution >= 0.6 is 25.7 Å². The Morgan fingerprint density at radius 1 is 0.689 bits per heavy atom. The molecule has 7 N–H and O–H groups in total. The zero-order valence-corrected chi connectivity index (χ0v) is 39.8. The Kier molecular flexibility index (Phi) is 24.0. The summed E-state index contributed by atoms with van der Waals surface area (Å²) in [4.78, 5) is 10.6. The molecule has 0 aromatic heterocycles. The third-order valence-corrected chi connectivity index (χ3v) is 10.6. The maximum absolute atomic E-state index is 11.7. The zero-order valence-electron chi connectivity index (χ0n) is 32.6. The van der Waals surface area contributed by atoms with E-state index in [2.05, 4.69) is 41.8 Å². The van der Waals surface area contributed by atoms with Gasteiger partial charge in [-0.3, -0.25) is 4.79 Å². The van der Waals surface area contributed by atoms with Crippen molar-refractivity contribution in [2.24, 2.45) is 16.2 Å². The Labute approximate surface area is 379 Å². The van der Waals surface area contributed by atoms with Gasteiger partial charge in [-0.2, -0.15) is 0 Å². The second-order valence-electron chi connectivity index (χ2n) is 12.6. The first-order valence-corrected chi connectivity index (χ1v) is 33.2. The summed E-state index contributed by atoms with van der Waals surface area (Å²) in [7, 11) is 14.1. The van der Waals surface area contributed by atoms with Crippen LogP contribution in [0.15, 0.2) is 125 Å². The van der Waals surface area contributed by atoms with Crippen molar-refractivity contribution in [1.29, 1.82) is 0 Å². The molecule has 19 heteroatoms. The second kappa shape index (κ2) is 26.6. The van der Waals surface area contributed by atoms with Gasteiger partial charge in [-0.25, -0.2) is 27.1 Å². The first-order chi connectivity index (χ1) is 27.9. The number of primary sulfonamides is 2. The minimum absolute atomic E-state index is 0. The Balaban J connectivity index is 0.000000454. The molecule has 0 fully saturated rings. The molecule has 1 aliphatic heterocycles. The number of fused-ring (bicyclic) bond motifs is 3. The van der Waals surface area contributed by atoms with Gasteiger partial charge in [-0.15, -0.1) is 0 Å². The average Bonchev–Trinajstić information content (AvgIpc) is 3.97. The number of ether oxygens (including phenoxy) is 4. The van der Waals surface area contributed by atoms with E-state index in [0.717, 1.165) is 47.4 Å². The fourth-order valence-electron chi connectivity index (χ4n) is 6.04. The van der Waals surface area contributed by atoms with E-state index in [9.17, 15) is 21.6 Å². The molecule has 0 amide bonds. The SMILES string of the molecule is C.C.C1=CCC=C1.COc1cc(C=O)cc(OC)c1.COc1cc(OC)cc(C2Nc3ccc(S(N)(=O)=O)cc3C3C=CCC32)c1.Nc1ccc(S(N)(=O)=O)cc1.[Cl][In]([Cl])[Cl]. The van der Waals surface area contributed by atoms with E-state index in [0.29, 0.717) is 22.7 Å². The zero-order chi connectivity index (χ0) is 43.8. The molecule has 4 aromatic rings. The predicted octanol–water partition coefficient (Wildman–Crippen LogP) is 9.07. The number of anilines is 2. The van der Waals surface area contributed by atoms with Crippen molar-refractivity contribution in [3.8, 4) is 23.0 Å². The van der Waals surface area contributed by atoms with Crippen LogP contribution in [-0.4, -0.2) is 69.4 Å². The van der Waals surface area contributed by atoms with Crippen LogP contribution in [0.2, 0.25) is 0 Å². The Hall–Kier alpha value is -3.87. The standard InChI is InChI=1S/C20H22N2O4S.C9H10O3.C6H8N2O2S.C5H6.2CH4.3ClH.In/c1-25-13-8-12(9-14(10-13)26-2)20-17-5-3-4-16(17)18-11-15(27(21,23)24)6-7-19(18)22-20;1-11-8-3-7(6-10)4-9(5-8)12-2;7-5-1-3-6(4-2-5)11(8,9)10;1-2-4-5-3-1;;;;;;/h3-4,6-11,16-17,20,22H,5H2,1-2H3,(H2,21,23,24);3-6H,1-2H3;1-4H,7H2,(H2,8,9,10);1-4H,5H2;2*1H4;3*1H;/q;;;;;;;;;+3/p-3. The number of carbonyl (C=O) groups is 1. The summed E-state index contributed by atoms with van der Waals surface area (Å²) in [5.41, 5.74) is 9.35. The molecular formula is C42H54Cl3InN4O9S2. The van der Waals surface area contributed by atoms with Crippen LogP contribution < -0.4 is 40.3 Å². The minimum atomic E-state index is -3.73. The molecule has 7 rings (SSSR count). The van der Waals surface area contributed by atoms with Crippen molar-refractivity contribution < 1.29 is 40.6 Å². The summed E-state index contributed by atoms with van der Waals surface area (Å²) in [5, 5.41) is 13.7. The summed E-state index contributed by atoms with van der Waals surface area (Å²) in [6.07, 6.45) is 15.5. The summed E-state index contributed by atoms with van der Waals surface area (Å²) >= 11 is -2.22. The van der Waals surface area contributed by atoms with Crippen LogP contribution in [0.3, 0.4) is 0 Å². The van der Waals surface area contributed by atoms with Crippen molar-refractivity contribution in [1.82, 2.24) is 0 Å². The quantitative estimate of drug-likeness (QED) is 0.0743. The molecule has 3 unspecified atom stereocenters. The van der Waals surface area contributed by atoms with Gasteiger partial charge in [0.05, 0.1) is 44.3 Å². The first kappa shape index (κ1) is 55.1. The third-order valence-electron chi connectivity index (χ3n) is 8.77. The van der Waals surface area contributed by atoms with Crippen LogP contribution in [0.25, 0.3) is 0 Å². The van der Waals surface area contributed by atoms with Gasteiger partial charge in [0.1, 0.15) is 29.3 Å². The van der Waals surface area contributed by atoms with E-state index in [1.165, 1.54) is 24.3 Å². The van der Waals surface area contributed by atoms with Crippen LogP contribution in [-0.2, 0) is 20.0 Å². The van der Waals surface area contributed by atoms with Gasteiger partial charge < -0.3 is 30.0 Å². The number of halogens is 3. The Bertz CT molecular complexity index is 2280. The number of methoxy groups -OCH3 is 4. The molecule has 0 bridgehead atoms. The van der Waals surface area contributed by atoms with E-state index in [1.807, 2.05) is 18.2 Å². The number of nitrogens with one attached hydrogen (secondary N) is 1. The number of aldehydes is 1. The van der Waals surface area contributed by atoms with E-state index in [4.69, 9.17) is 60.7 Å². The van der Waals surface area contributed by atoms with E-state index < -0.39 is 37.9 Å². The van der Waals surface area contributed by atoms with Gasteiger partial charge in [-0.05, 0) is 96.6 Å². The van der Waals surface area contributed by atoms with Gasteiger partial charge in [0.25, 0.3) is 0 Å². The number of benzene rings is 4. The number of hydrogen-bond acceptors (Lipinski definition) is 11. The number of sulfonamides is 2. The van der Waals surface area contributed by atoms with Gasteiger partial charge in [0.15, 0.2) is 0 Å². The molecule has 13 nitrogen and oxygen atoms in total. The summed E-state index contributed by atoms with van der Waals surface area (Å²) in [6, 6.07) is 21.7. The second-order valence-corrected chi connectivity index (χ2v) is 30.4. The fourth-order valence-corrected chi connectivity index (χ4v) is 7.10. The molecule has 0 radical (unpaired) electrons. The number of rotatable bonds is 8. The summed E-state index contributed by atoms with van der Waals surface area (Å²) < 4.78 is 65.6. The van der Waals surface area contributed by atoms with Crippen molar-refractivity contribution in [3.63, 3.8) is 0 Å². The number of hydrogen-bond donors (Lipinski definition) is 4. The van der Waals surface area contributed by atoms with Gasteiger partial charge in [0, 0.05) is 35.0 Å². The van der Waals surface area contributed by atoms with E-state index >= 15 is 0 Å². The van der Waals surface area contributed by atoms with Gasteiger partial charge in [0.2, 0.25) is 20.0 Å². The molecule has 3 aliphatic rings. The molecule has 1 heterocycles. The fraction of sp³-hybridized carbons (Fsp3) is 0.262. The van der Waals surface area contributed by atoms with E-state index in [-0.39, 0.29) is 42.5 Å². The molecule has 2 aliphatic carbocycles. The predicted molar refractivity (Wildman–Crippen MR) is 251 cm³/mol. The topological polar surface area (TPSA) is 212 Å². The molecule has 3 atom stereocenters. The summed E-state index contributed by atoms with van der Waals surface area (Å²) in [5.74, 6) is 3.12. The monoisotopic (exact) mass is 1040 g/mol. The average molecular weight is 1040 g/mol. The van der Waals surface area contributed by atoms with Crippen molar-refractivity contribution in [3.05, 3.63) is 132 Å².